The predicted octanol–water partition coefficient (Wildman–Crippen LogP) is 5.55. The molecule has 0 radical (unpaired) electrons. The third-order valence-corrected chi connectivity index (χ3v) is 4.74. The summed E-state index contributed by atoms with van der Waals surface area (Å²) in [4.78, 5) is 3.55. The van der Waals surface area contributed by atoms with Crippen LogP contribution in [0.25, 0.3) is 38.0 Å². The van der Waals surface area contributed by atoms with Gasteiger partial charge in [0.05, 0.1) is 13.5 Å². The number of fused-ring (bicyclic) bond motifs is 3. The molecule has 2 heterocycles. The zero-order chi connectivity index (χ0) is 18.6. The molecule has 0 bridgehead atoms. The Hall–Kier alpha value is -3.12. The molecule has 25 heavy (non-hydrogen) atoms. The summed E-state index contributed by atoms with van der Waals surface area (Å²) in [5.41, 5.74) is 7.31. The fourth-order valence-corrected chi connectivity index (χ4v) is 3.50. The van der Waals surface area contributed by atoms with Crippen LogP contribution in [0.5, 0.6) is 0 Å². The van der Waals surface area contributed by atoms with Crippen molar-refractivity contribution in [3.63, 3.8) is 0 Å². The molecule has 3 nitrogen and oxygen atoms in total. The van der Waals surface area contributed by atoms with Gasteiger partial charge >= 0.3 is 0 Å². The number of hydrogen-bond acceptors (Lipinski definition) is 1. The molecule has 0 fully saturated rings. The zero-order valence-corrected chi connectivity index (χ0v) is 14.8. The summed E-state index contributed by atoms with van der Waals surface area (Å²) in [7, 11) is 1.95. The van der Waals surface area contributed by atoms with Crippen molar-refractivity contribution in [2.75, 3.05) is 0 Å². The van der Waals surface area contributed by atoms with Crippen LogP contribution in [0, 0.1) is 27.3 Å². The molecule has 0 saturated heterocycles. The number of aromatic nitrogens is 1. The van der Waals surface area contributed by atoms with E-state index in [0.717, 1.165) is 49.9 Å². The first-order valence-electron chi connectivity index (χ1n) is 8.72. The van der Waals surface area contributed by atoms with E-state index in [9.17, 15) is 0 Å². The van der Waals surface area contributed by atoms with E-state index in [1.807, 2.05) is 49.9 Å². The molecule has 0 aliphatic rings. The monoisotopic (exact) mass is 328 g/mol. The molecule has 0 spiro atoms. The molecule has 2 aromatic heterocycles. The lowest BCUT2D eigenvalue weighted by Crippen LogP contribution is -2.30. The van der Waals surface area contributed by atoms with Gasteiger partial charge in [0.2, 0.25) is 5.69 Å². The summed E-state index contributed by atoms with van der Waals surface area (Å²) in [5.74, 6) is 0. The minimum atomic E-state index is 0.517. The van der Waals surface area contributed by atoms with Crippen molar-refractivity contribution in [3.8, 4) is 11.3 Å². The Balaban J connectivity index is 2.15. The topological polar surface area (TPSA) is 21.4 Å². The second-order valence-electron chi connectivity index (χ2n) is 6.58. The Morgan fingerprint density at radius 1 is 1.12 bits per heavy atom. The van der Waals surface area contributed by atoms with Gasteiger partial charge in [-0.15, -0.1) is 0 Å². The number of pyridine rings is 1. The maximum Gasteiger partial charge on any atom is 0.216 e. The molecule has 0 N–H and O–H groups in total. The van der Waals surface area contributed by atoms with Gasteiger partial charge in [-0.05, 0) is 43.5 Å². The predicted molar refractivity (Wildman–Crippen MR) is 101 cm³/mol. The highest BCUT2D eigenvalue weighted by Crippen LogP contribution is 2.39. The van der Waals surface area contributed by atoms with E-state index in [1.165, 1.54) is 0 Å². The normalized spacial score (nSPS) is 11.7. The summed E-state index contributed by atoms with van der Waals surface area (Å²) >= 11 is 0. The highest BCUT2D eigenvalue weighted by atomic mass is 16.3. The van der Waals surface area contributed by atoms with E-state index >= 15 is 0 Å². The fourth-order valence-electron chi connectivity index (χ4n) is 3.50. The Bertz CT molecular complexity index is 1250. The highest BCUT2D eigenvalue weighted by molar-refractivity contribution is 6.11. The second kappa shape index (κ2) is 5.46. The van der Waals surface area contributed by atoms with E-state index in [4.69, 9.17) is 12.4 Å². The maximum atomic E-state index is 8.02. The third kappa shape index (κ3) is 2.30. The number of benzene rings is 2. The lowest BCUT2D eigenvalue weighted by atomic mass is 9.98. The molecule has 122 valence electrons. The van der Waals surface area contributed by atoms with Crippen LogP contribution in [0.3, 0.4) is 0 Å². The minimum absolute atomic E-state index is 0.517. The van der Waals surface area contributed by atoms with Crippen LogP contribution in [0.1, 0.15) is 18.1 Å². The van der Waals surface area contributed by atoms with E-state index in [1.54, 1.807) is 0 Å². The summed E-state index contributed by atoms with van der Waals surface area (Å²) in [5, 5.41) is 2.12. The standard InChI is InChI=1S/C22H19N2O/c1-13-8-9-24(5)18(10-13)21-14(2)6-7-17-20-15(3)11-16(23-4)12-19(20)25-22(17)21/h6-12H,1-3,5H3/q+1/i8D. The van der Waals surface area contributed by atoms with Gasteiger partial charge in [-0.1, -0.05) is 18.2 Å². The first-order chi connectivity index (χ1) is 12.4. The first kappa shape index (κ1) is 14.2. The second-order valence-corrected chi connectivity index (χ2v) is 6.58. The van der Waals surface area contributed by atoms with Crippen molar-refractivity contribution in [1.82, 2.24) is 0 Å². The SMILES string of the molecule is [2H]c1c[n+](C)c(-c2c(C)ccc3c2oc2cc([N+]#[C-])cc(C)c23)cc1C. The van der Waals surface area contributed by atoms with Gasteiger partial charge in [0.1, 0.15) is 18.2 Å². The van der Waals surface area contributed by atoms with Crippen LogP contribution in [0.15, 0.2) is 47.0 Å². The van der Waals surface area contributed by atoms with Crippen LogP contribution >= 0.6 is 0 Å². The van der Waals surface area contributed by atoms with Gasteiger partial charge in [0, 0.05) is 22.9 Å². The quantitative estimate of drug-likeness (QED) is 0.331. The summed E-state index contributed by atoms with van der Waals surface area (Å²) < 4.78 is 16.3. The minimum Gasteiger partial charge on any atom is -0.456 e. The molecular weight excluding hydrogens is 308 g/mol. The molecule has 4 rings (SSSR count). The maximum absolute atomic E-state index is 8.02. The van der Waals surface area contributed by atoms with Crippen molar-refractivity contribution >= 4 is 27.6 Å². The van der Waals surface area contributed by atoms with Gasteiger partial charge in [-0.25, -0.2) is 9.41 Å². The average molecular weight is 328 g/mol. The third-order valence-electron chi connectivity index (χ3n) is 4.74. The van der Waals surface area contributed by atoms with E-state index in [0.29, 0.717) is 11.7 Å². The molecule has 2 aromatic carbocycles. The molecule has 0 unspecified atom stereocenters. The van der Waals surface area contributed by atoms with Crippen LogP contribution < -0.4 is 4.57 Å². The lowest BCUT2D eigenvalue weighted by molar-refractivity contribution is -0.660. The van der Waals surface area contributed by atoms with Gasteiger partial charge in [0.15, 0.2) is 11.9 Å². The molecule has 0 saturated carbocycles. The van der Waals surface area contributed by atoms with Crippen LogP contribution in [0.4, 0.5) is 5.69 Å². The van der Waals surface area contributed by atoms with Crippen molar-refractivity contribution in [2.24, 2.45) is 7.05 Å². The average Bonchev–Trinajstić information content (AvgIpc) is 2.97. The highest BCUT2D eigenvalue weighted by Gasteiger charge is 2.21. The Labute approximate surface area is 148 Å². The van der Waals surface area contributed by atoms with Crippen LogP contribution in [0.2, 0.25) is 0 Å². The van der Waals surface area contributed by atoms with Crippen molar-refractivity contribution < 1.29 is 10.4 Å². The van der Waals surface area contributed by atoms with Gasteiger partial charge in [0.25, 0.3) is 0 Å². The summed E-state index contributed by atoms with van der Waals surface area (Å²) in [6, 6.07) is 10.5. The van der Waals surface area contributed by atoms with Crippen LogP contribution in [-0.4, -0.2) is 0 Å². The van der Waals surface area contributed by atoms with Crippen molar-refractivity contribution in [3.05, 3.63) is 70.7 Å². The molecule has 0 aliphatic heterocycles. The number of rotatable bonds is 1. The number of aryl methyl sites for hydroxylation is 4. The van der Waals surface area contributed by atoms with Gasteiger partial charge < -0.3 is 4.42 Å². The molecule has 4 aromatic rings. The molecule has 0 amide bonds. The van der Waals surface area contributed by atoms with E-state index in [-0.39, 0.29) is 0 Å². The Kier molecular flexibility index (Phi) is 3.11. The van der Waals surface area contributed by atoms with Crippen molar-refractivity contribution in [1.29, 1.82) is 0 Å². The molecule has 0 aliphatic carbocycles. The Morgan fingerprint density at radius 3 is 2.68 bits per heavy atom. The van der Waals surface area contributed by atoms with Gasteiger partial charge in [-0.2, -0.15) is 0 Å². The molecule has 3 heteroatoms. The lowest BCUT2D eigenvalue weighted by Gasteiger charge is -2.06. The zero-order valence-electron chi connectivity index (χ0n) is 15.8. The number of nitrogens with zero attached hydrogens (tertiary/aromatic N) is 2. The summed E-state index contributed by atoms with van der Waals surface area (Å²) in [6.07, 6.45) is 1.83. The van der Waals surface area contributed by atoms with E-state index in [2.05, 4.69) is 23.9 Å². The smallest absolute Gasteiger partial charge is 0.216 e. The molecule has 0 atom stereocenters. The molecular formula is C22H19N2O+. The Morgan fingerprint density at radius 2 is 1.92 bits per heavy atom. The largest absolute Gasteiger partial charge is 0.456 e. The van der Waals surface area contributed by atoms with Gasteiger partial charge in [-0.3, -0.25) is 0 Å². The van der Waals surface area contributed by atoms with Crippen molar-refractivity contribution in [2.45, 2.75) is 20.8 Å². The number of hydrogen-bond donors (Lipinski definition) is 0. The fraction of sp³-hybridized carbons (Fsp3) is 0.182. The van der Waals surface area contributed by atoms with E-state index < -0.39 is 0 Å². The first-order valence-corrected chi connectivity index (χ1v) is 8.22. The van der Waals surface area contributed by atoms with Crippen LogP contribution in [-0.2, 0) is 7.05 Å². The summed E-state index contributed by atoms with van der Waals surface area (Å²) in [6.45, 7) is 13.3. The number of furan rings is 1.